The number of nitrogens with zero attached hydrogens (tertiary/aromatic N) is 4. The van der Waals surface area contributed by atoms with Crippen LogP contribution >= 0.6 is 0 Å². The summed E-state index contributed by atoms with van der Waals surface area (Å²) >= 11 is 0. The number of hydrogen-bond donors (Lipinski definition) is 1. The first-order chi connectivity index (χ1) is 13.1. The Morgan fingerprint density at radius 3 is 2.81 bits per heavy atom. The fourth-order valence-corrected chi connectivity index (χ4v) is 3.89. The van der Waals surface area contributed by atoms with E-state index in [4.69, 9.17) is 13.9 Å². The van der Waals surface area contributed by atoms with Crippen LogP contribution in [0.1, 0.15) is 29.6 Å². The monoisotopic (exact) mass is 368 g/mol. The van der Waals surface area contributed by atoms with Crippen LogP contribution in [0.15, 0.2) is 22.6 Å². The topological polar surface area (TPSA) is 93.7 Å². The van der Waals surface area contributed by atoms with Crippen molar-refractivity contribution >= 4 is 17.0 Å². The molecule has 0 saturated carbocycles. The first kappa shape index (κ1) is 16.3. The quantitative estimate of drug-likeness (QED) is 0.737. The van der Waals surface area contributed by atoms with Crippen LogP contribution in [0.4, 0.5) is 5.82 Å². The Morgan fingerprint density at radius 2 is 1.96 bits per heavy atom. The third-order valence-corrected chi connectivity index (χ3v) is 5.17. The van der Waals surface area contributed by atoms with Crippen molar-refractivity contribution in [2.45, 2.75) is 32.3 Å². The summed E-state index contributed by atoms with van der Waals surface area (Å²) < 4.78 is 16.4. The minimum Gasteiger partial charge on any atom is -0.454 e. The van der Waals surface area contributed by atoms with Crippen molar-refractivity contribution in [3.63, 3.8) is 0 Å². The number of hydrogen-bond acceptors (Lipinski definition) is 8. The Balaban J connectivity index is 1.42. The van der Waals surface area contributed by atoms with Crippen LogP contribution in [0.2, 0.25) is 0 Å². The van der Waals surface area contributed by atoms with E-state index < -0.39 is 6.10 Å². The highest BCUT2D eigenvalue weighted by atomic mass is 16.7. The average molecular weight is 368 g/mol. The Kier molecular flexibility index (Phi) is 3.68. The maximum absolute atomic E-state index is 10.8. The van der Waals surface area contributed by atoms with Crippen LogP contribution < -0.4 is 14.4 Å². The van der Waals surface area contributed by atoms with Gasteiger partial charge in [-0.05, 0) is 31.0 Å². The number of aryl methyl sites for hydroxylation is 2. The maximum Gasteiger partial charge on any atom is 0.252 e. The van der Waals surface area contributed by atoms with E-state index in [0.717, 1.165) is 35.8 Å². The minimum absolute atomic E-state index is 0.0354. The molecule has 1 N–H and O–H groups in total. The number of rotatable bonds is 2. The Hall–Kier alpha value is -2.87. The first-order valence-corrected chi connectivity index (χ1v) is 9.03. The molecule has 2 atom stereocenters. The van der Waals surface area contributed by atoms with E-state index in [2.05, 4.69) is 19.9 Å². The third-order valence-electron chi connectivity index (χ3n) is 5.17. The fourth-order valence-electron chi connectivity index (χ4n) is 3.89. The van der Waals surface area contributed by atoms with Crippen molar-refractivity contribution in [2.24, 2.45) is 0 Å². The van der Waals surface area contributed by atoms with E-state index in [0.29, 0.717) is 29.5 Å². The summed E-state index contributed by atoms with van der Waals surface area (Å²) in [5, 5.41) is 10.8. The van der Waals surface area contributed by atoms with Gasteiger partial charge in [0.2, 0.25) is 6.79 Å². The number of aliphatic hydroxyl groups excluding tert-OH is 1. The zero-order valence-corrected chi connectivity index (χ0v) is 15.2. The van der Waals surface area contributed by atoms with Crippen molar-refractivity contribution in [1.82, 2.24) is 15.0 Å². The highest BCUT2D eigenvalue weighted by molar-refractivity contribution is 5.82. The van der Waals surface area contributed by atoms with Crippen LogP contribution in [0.3, 0.4) is 0 Å². The van der Waals surface area contributed by atoms with Crippen LogP contribution in [-0.4, -0.2) is 46.0 Å². The fraction of sp³-hybridized carbons (Fsp3) is 0.421. The van der Waals surface area contributed by atoms with E-state index in [1.54, 1.807) is 6.92 Å². The number of oxazole rings is 1. The normalized spacial score (nSPS) is 21.8. The number of β-amino-alcohol motifs (C(OH)–C–C–N with tert-alkyl or cyclic N) is 1. The van der Waals surface area contributed by atoms with Gasteiger partial charge in [0, 0.05) is 25.9 Å². The van der Waals surface area contributed by atoms with E-state index in [-0.39, 0.29) is 12.7 Å². The second kappa shape index (κ2) is 6.09. The van der Waals surface area contributed by atoms with Crippen LogP contribution in [0, 0.1) is 13.8 Å². The van der Waals surface area contributed by atoms with Crippen molar-refractivity contribution < 1.29 is 19.0 Å². The van der Waals surface area contributed by atoms with Gasteiger partial charge < -0.3 is 23.9 Å². The summed E-state index contributed by atoms with van der Waals surface area (Å²) in [5.41, 5.74) is 2.20. The van der Waals surface area contributed by atoms with Gasteiger partial charge in [-0.2, -0.15) is 4.98 Å². The van der Waals surface area contributed by atoms with E-state index in [9.17, 15) is 5.11 Å². The van der Waals surface area contributed by atoms with Gasteiger partial charge in [-0.15, -0.1) is 0 Å². The Morgan fingerprint density at radius 1 is 1.11 bits per heavy atom. The third kappa shape index (κ3) is 2.76. The van der Waals surface area contributed by atoms with Crippen LogP contribution in [-0.2, 0) is 0 Å². The zero-order valence-electron chi connectivity index (χ0n) is 15.2. The Bertz CT molecular complexity index is 1020. The molecule has 0 spiro atoms. The van der Waals surface area contributed by atoms with E-state index >= 15 is 0 Å². The molecule has 1 aromatic carbocycles. The number of aromatic nitrogens is 3. The summed E-state index contributed by atoms with van der Waals surface area (Å²) in [4.78, 5) is 15.4. The number of piperidine rings is 1. The van der Waals surface area contributed by atoms with Crippen molar-refractivity contribution in [3.8, 4) is 11.5 Å². The molecule has 8 nitrogen and oxygen atoms in total. The summed E-state index contributed by atoms with van der Waals surface area (Å²) in [6.45, 7) is 5.10. The number of ether oxygens (including phenoxy) is 2. The van der Waals surface area contributed by atoms with Gasteiger partial charge in [0.05, 0.1) is 6.10 Å². The molecule has 0 amide bonds. The lowest BCUT2D eigenvalue weighted by Crippen LogP contribution is -2.43. The average Bonchev–Trinajstić information content (AvgIpc) is 3.25. The SMILES string of the molecule is Cc1nc(N2CC[C@@H](c3ccc4c(c3)OCO4)[C@H](O)C2)c2nc(C)oc2n1. The molecule has 0 aliphatic carbocycles. The lowest BCUT2D eigenvalue weighted by molar-refractivity contribution is 0.129. The van der Waals surface area contributed by atoms with Gasteiger partial charge >= 0.3 is 0 Å². The minimum atomic E-state index is -0.530. The number of fused-ring (bicyclic) bond motifs is 2. The van der Waals surface area contributed by atoms with Gasteiger partial charge in [-0.1, -0.05) is 6.07 Å². The molecule has 140 valence electrons. The van der Waals surface area contributed by atoms with Gasteiger partial charge in [0.15, 0.2) is 28.7 Å². The van der Waals surface area contributed by atoms with Crippen LogP contribution in [0.25, 0.3) is 11.2 Å². The molecular formula is C19H20N4O4. The van der Waals surface area contributed by atoms with Gasteiger partial charge in [0.25, 0.3) is 5.71 Å². The predicted molar refractivity (Wildman–Crippen MR) is 97.2 cm³/mol. The molecule has 3 aromatic rings. The highest BCUT2D eigenvalue weighted by Gasteiger charge is 2.32. The standard InChI is InChI=1S/C19H20N4O4/c1-10-20-18(17-19(21-10)27-11(2)22-17)23-6-5-13(14(24)8-23)12-3-4-15-16(7-12)26-9-25-15/h3-4,7,13-14,24H,5-6,8-9H2,1-2H3/t13-,14+/m0/s1. The molecule has 0 unspecified atom stereocenters. The second-order valence-corrected chi connectivity index (χ2v) is 7.00. The molecule has 8 heteroatoms. The highest BCUT2D eigenvalue weighted by Crippen LogP contribution is 2.38. The van der Waals surface area contributed by atoms with Gasteiger partial charge in [-0.3, -0.25) is 0 Å². The molecular weight excluding hydrogens is 348 g/mol. The largest absolute Gasteiger partial charge is 0.454 e. The van der Waals surface area contributed by atoms with Crippen molar-refractivity contribution in [3.05, 3.63) is 35.5 Å². The molecule has 2 aliphatic heterocycles. The molecule has 5 rings (SSSR count). The molecule has 1 fully saturated rings. The Labute approximate surface area is 155 Å². The summed E-state index contributed by atoms with van der Waals surface area (Å²) in [6.07, 6.45) is 0.264. The number of benzene rings is 1. The second-order valence-electron chi connectivity index (χ2n) is 7.00. The first-order valence-electron chi connectivity index (χ1n) is 9.03. The summed E-state index contributed by atoms with van der Waals surface area (Å²) in [7, 11) is 0. The predicted octanol–water partition coefficient (Wildman–Crippen LogP) is 2.32. The van der Waals surface area contributed by atoms with Crippen molar-refractivity contribution in [2.75, 3.05) is 24.8 Å². The maximum atomic E-state index is 10.8. The molecule has 27 heavy (non-hydrogen) atoms. The zero-order chi connectivity index (χ0) is 18.5. The summed E-state index contributed by atoms with van der Waals surface area (Å²) in [5.74, 6) is 3.44. The smallest absolute Gasteiger partial charge is 0.252 e. The molecule has 4 heterocycles. The van der Waals surface area contributed by atoms with Gasteiger partial charge in [0.1, 0.15) is 5.82 Å². The van der Waals surface area contributed by atoms with E-state index in [1.165, 1.54) is 0 Å². The lowest BCUT2D eigenvalue weighted by Gasteiger charge is -2.36. The molecule has 1 saturated heterocycles. The van der Waals surface area contributed by atoms with Crippen molar-refractivity contribution in [1.29, 1.82) is 0 Å². The van der Waals surface area contributed by atoms with Gasteiger partial charge in [-0.25, -0.2) is 9.97 Å². The summed E-state index contributed by atoms with van der Waals surface area (Å²) in [6, 6.07) is 5.89. The molecule has 0 radical (unpaired) electrons. The number of aliphatic hydroxyl groups is 1. The molecule has 0 bridgehead atoms. The number of anilines is 1. The van der Waals surface area contributed by atoms with Crippen LogP contribution in [0.5, 0.6) is 11.5 Å². The lowest BCUT2D eigenvalue weighted by atomic mass is 9.87. The molecule has 2 aliphatic rings. The van der Waals surface area contributed by atoms with E-state index in [1.807, 2.05) is 25.1 Å². The molecule has 2 aromatic heterocycles.